The third-order valence-electron chi connectivity index (χ3n) is 4.54. The van der Waals surface area contributed by atoms with Crippen LogP contribution in [0.15, 0.2) is 46.2 Å². The van der Waals surface area contributed by atoms with E-state index in [1.54, 1.807) is 12.1 Å². The highest BCUT2D eigenvalue weighted by Crippen LogP contribution is 2.35. The van der Waals surface area contributed by atoms with E-state index in [1.165, 1.54) is 24.3 Å². The molecule has 0 unspecified atom stereocenters. The Hall–Kier alpha value is -2.96. The molecule has 3 aromatic carbocycles. The van der Waals surface area contributed by atoms with Gasteiger partial charge in [-0.1, -0.05) is 24.3 Å². The molecular weight excluding hydrogens is 462 g/mol. The third kappa shape index (κ3) is 3.09. The van der Waals surface area contributed by atoms with E-state index < -0.39 is 55.0 Å². The van der Waals surface area contributed by atoms with Gasteiger partial charge in [0.1, 0.15) is 0 Å². The summed E-state index contributed by atoms with van der Waals surface area (Å²) in [4.78, 5) is 22.2. The summed E-state index contributed by atoms with van der Waals surface area (Å²) >= 11 is 0.311. The highest BCUT2D eigenvalue weighted by atomic mass is 32.2. The first-order valence-electron chi connectivity index (χ1n) is 8.35. The smallest absolute Gasteiger partial charge is 0.266 e. The number of hydrogen-bond donors (Lipinski definition) is 0. The molecule has 6 nitrogen and oxygen atoms in total. The van der Waals surface area contributed by atoms with Gasteiger partial charge in [-0.3, -0.25) is 9.59 Å². The van der Waals surface area contributed by atoms with Crippen molar-refractivity contribution < 1.29 is 39.9 Å². The molecule has 0 aromatic heterocycles. The fourth-order valence-corrected chi connectivity index (χ4v) is 4.76. The minimum absolute atomic E-state index is 0.112. The largest absolute Gasteiger partial charge is 0.324 e. The van der Waals surface area contributed by atoms with Crippen LogP contribution in [0.2, 0.25) is 0 Å². The molecule has 0 saturated carbocycles. The van der Waals surface area contributed by atoms with E-state index in [0.29, 0.717) is 17.1 Å². The van der Waals surface area contributed by atoms with Gasteiger partial charge in [-0.25, -0.2) is 17.6 Å². The van der Waals surface area contributed by atoms with Crippen molar-refractivity contribution in [3.63, 3.8) is 0 Å². The van der Waals surface area contributed by atoms with Gasteiger partial charge in [-0.05, 0) is 23.8 Å². The molecule has 0 saturated heterocycles. The summed E-state index contributed by atoms with van der Waals surface area (Å²) in [5.74, 6) is -10.9. The van der Waals surface area contributed by atoms with E-state index >= 15 is 0 Å². The molecule has 0 aliphatic carbocycles. The van der Waals surface area contributed by atoms with Crippen LogP contribution in [0.1, 0.15) is 20.7 Å². The quantitative estimate of drug-likeness (QED) is 0.247. The molecule has 31 heavy (non-hydrogen) atoms. The van der Waals surface area contributed by atoms with Crippen LogP contribution in [0.4, 0.5) is 17.6 Å². The number of thioether (sulfide) groups is 1. The second-order valence-electron chi connectivity index (χ2n) is 6.26. The maximum atomic E-state index is 14.3. The lowest BCUT2D eigenvalue weighted by Crippen LogP contribution is -2.42. The van der Waals surface area contributed by atoms with Gasteiger partial charge in [-0.2, -0.15) is 8.42 Å². The number of carbonyl (C=O) groups excluding carboxylic acids is 2. The van der Waals surface area contributed by atoms with Crippen molar-refractivity contribution in [2.45, 2.75) is 9.79 Å². The van der Waals surface area contributed by atoms with E-state index in [1.807, 2.05) is 0 Å². The number of rotatable bonds is 4. The Bertz CT molecular complexity index is 1330. The summed E-state index contributed by atoms with van der Waals surface area (Å²) in [7, 11) is -5.68. The van der Waals surface area contributed by atoms with E-state index in [-0.39, 0.29) is 21.6 Å². The zero-order valence-electron chi connectivity index (χ0n) is 15.3. The number of hydrogen-bond acceptors (Lipinski definition) is 6. The number of imide groups is 1. The average Bonchev–Trinajstić information content (AvgIpc) is 2.74. The number of halogens is 4. The van der Waals surface area contributed by atoms with Crippen LogP contribution in [0.3, 0.4) is 0 Å². The van der Waals surface area contributed by atoms with Crippen molar-refractivity contribution in [1.29, 1.82) is 0 Å². The van der Waals surface area contributed by atoms with Gasteiger partial charge in [0.2, 0.25) is 0 Å². The Kier molecular flexibility index (Phi) is 5.03. The van der Waals surface area contributed by atoms with Gasteiger partial charge < -0.3 is 0 Å². The number of amides is 2. The van der Waals surface area contributed by atoms with Crippen LogP contribution in [-0.2, 0) is 14.4 Å². The van der Waals surface area contributed by atoms with Gasteiger partial charge in [0.05, 0.1) is 16.0 Å². The molecule has 160 valence electrons. The van der Waals surface area contributed by atoms with Crippen LogP contribution >= 0.6 is 11.8 Å². The highest BCUT2D eigenvalue weighted by Gasteiger charge is 2.41. The van der Waals surface area contributed by atoms with Crippen molar-refractivity contribution in [2.24, 2.45) is 0 Å². The predicted octanol–water partition coefficient (Wildman–Crippen LogP) is 4.03. The molecule has 1 aliphatic rings. The Labute approximate surface area is 176 Å². The molecular formula is C19H9F4NO5S2. The van der Waals surface area contributed by atoms with Gasteiger partial charge in [0, 0.05) is 5.39 Å². The zero-order valence-corrected chi connectivity index (χ0v) is 16.9. The number of nitrogens with zero attached hydrogens (tertiary/aromatic N) is 1. The molecule has 1 aliphatic heterocycles. The monoisotopic (exact) mass is 471 g/mol. The Balaban J connectivity index is 1.84. The molecule has 0 atom stereocenters. The van der Waals surface area contributed by atoms with Gasteiger partial charge in [0.15, 0.2) is 28.2 Å². The Morgan fingerprint density at radius 3 is 1.77 bits per heavy atom. The van der Waals surface area contributed by atoms with Crippen LogP contribution in [0.5, 0.6) is 0 Å². The summed E-state index contributed by atoms with van der Waals surface area (Å²) < 4.78 is 86.1. The average molecular weight is 471 g/mol. The number of carbonyl (C=O) groups is 2. The van der Waals surface area contributed by atoms with Crippen LogP contribution in [0, 0.1) is 23.3 Å². The van der Waals surface area contributed by atoms with Crippen molar-refractivity contribution >= 4 is 44.5 Å². The summed E-state index contributed by atoms with van der Waals surface area (Å²) in [6.07, 6.45) is 1.12. The lowest BCUT2D eigenvalue weighted by atomic mass is 9.95. The first-order valence-corrected chi connectivity index (χ1v) is 11.0. The van der Waals surface area contributed by atoms with Gasteiger partial charge in [-0.15, -0.1) is 21.1 Å². The standard InChI is InChI=1S/C19H9F4NO5S2/c1-30-16-12(20)14(22)17(15(23)13(16)21)31(27,28)29-24-18(25)9-6-2-4-8-5-3-7-10(11(8)9)19(24)26/h2-7H,1H3. The summed E-state index contributed by atoms with van der Waals surface area (Å²) in [6, 6.07) is 8.73. The topological polar surface area (TPSA) is 80.8 Å². The zero-order chi connectivity index (χ0) is 22.7. The first kappa shape index (κ1) is 21.3. The lowest BCUT2D eigenvalue weighted by molar-refractivity contribution is -0.0158. The van der Waals surface area contributed by atoms with Crippen molar-refractivity contribution in [1.82, 2.24) is 5.06 Å². The molecule has 2 amide bonds. The molecule has 0 bridgehead atoms. The maximum absolute atomic E-state index is 14.3. The maximum Gasteiger partial charge on any atom is 0.324 e. The predicted molar refractivity (Wildman–Crippen MR) is 101 cm³/mol. The van der Waals surface area contributed by atoms with Crippen molar-refractivity contribution in [3.8, 4) is 0 Å². The van der Waals surface area contributed by atoms with E-state index in [0.717, 1.165) is 6.26 Å². The normalized spacial score (nSPS) is 13.9. The summed E-state index contributed by atoms with van der Waals surface area (Å²) in [5, 5.41) is 0.521. The molecule has 0 fully saturated rings. The summed E-state index contributed by atoms with van der Waals surface area (Å²) in [5.41, 5.74) is -0.224. The minimum Gasteiger partial charge on any atom is -0.266 e. The van der Waals surface area contributed by atoms with E-state index in [2.05, 4.69) is 4.28 Å². The number of hydroxylamine groups is 2. The molecule has 1 heterocycles. The molecule has 3 aromatic rings. The molecule has 0 N–H and O–H groups in total. The second-order valence-corrected chi connectivity index (χ2v) is 8.54. The Morgan fingerprint density at radius 2 is 1.32 bits per heavy atom. The number of benzene rings is 3. The first-order chi connectivity index (χ1) is 14.6. The summed E-state index contributed by atoms with van der Waals surface area (Å²) in [6.45, 7) is 0. The lowest BCUT2D eigenvalue weighted by Gasteiger charge is -2.25. The van der Waals surface area contributed by atoms with E-state index in [9.17, 15) is 35.6 Å². The van der Waals surface area contributed by atoms with Crippen LogP contribution in [0.25, 0.3) is 10.8 Å². The van der Waals surface area contributed by atoms with Crippen LogP contribution in [-0.4, -0.2) is 31.6 Å². The minimum atomic E-state index is -5.68. The molecule has 4 rings (SSSR count). The molecule has 12 heteroatoms. The van der Waals surface area contributed by atoms with Gasteiger partial charge in [0.25, 0.3) is 11.8 Å². The molecule has 0 radical (unpaired) electrons. The second kappa shape index (κ2) is 7.32. The Morgan fingerprint density at radius 1 is 0.839 bits per heavy atom. The van der Waals surface area contributed by atoms with Crippen molar-refractivity contribution in [3.05, 3.63) is 70.8 Å². The fraction of sp³-hybridized carbons (Fsp3) is 0.0526. The van der Waals surface area contributed by atoms with E-state index in [4.69, 9.17) is 0 Å². The highest BCUT2D eigenvalue weighted by molar-refractivity contribution is 7.98. The third-order valence-corrected chi connectivity index (χ3v) is 6.51. The SMILES string of the molecule is CSc1c(F)c(F)c(S(=O)(=O)ON2C(=O)c3cccc4cccc(c34)C2=O)c(F)c1F. The van der Waals surface area contributed by atoms with Gasteiger partial charge >= 0.3 is 10.1 Å². The molecule has 0 spiro atoms. The van der Waals surface area contributed by atoms with Crippen LogP contribution < -0.4 is 0 Å². The van der Waals surface area contributed by atoms with Crippen molar-refractivity contribution in [2.75, 3.05) is 6.26 Å². The fourth-order valence-electron chi connectivity index (χ4n) is 3.20.